The highest BCUT2D eigenvalue weighted by Crippen LogP contribution is 2.39. The van der Waals surface area contributed by atoms with Crippen LogP contribution >= 0.6 is 0 Å². The van der Waals surface area contributed by atoms with Gasteiger partial charge in [0.15, 0.2) is 12.3 Å². The van der Waals surface area contributed by atoms with E-state index in [1.165, 1.54) is 6.42 Å². The van der Waals surface area contributed by atoms with Gasteiger partial charge in [-0.3, -0.25) is 0 Å². The summed E-state index contributed by atoms with van der Waals surface area (Å²) in [5.74, 6) is 0.749. The molecule has 2 saturated carbocycles. The number of hydrogen-bond acceptors (Lipinski definition) is 1. The summed E-state index contributed by atoms with van der Waals surface area (Å²) in [6, 6.07) is 5.47. The van der Waals surface area contributed by atoms with Crippen LogP contribution in [-0.2, 0) is 4.74 Å². The van der Waals surface area contributed by atoms with Crippen molar-refractivity contribution in [1.82, 2.24) is 0 Å². The second kappa shape index (κ2) is 9.62. The zero-order valence-corrected chi connectivity index (χ0v) is 17.9. The Hall–Kier alpha value is -1.71. The summed E-state index contributed by atoms with van der Waals surface area (Å²) in [5.41, 5.74) is 2.36. The smallest absolute Gasteiger partial charge is 0.192 e. The third kappa shape index (κ3) is 4.78. The minimum Gasteiger partial charge on any atom is -0.494 e. The Kier molecular flexibility index (Phi) is 6.90. The number of allylic oxidation sites excluding steroid dienone is 4. The molecular weight excluding hydrogens is 385 g/mol. The van der Waals surface area contributed by atoms with Gasteiger partial charge in [0.05, 0.1) is 6.61 Å². The molecule has 1 nitrogen and oxygen atoms in total. The van der Waals surface area contributed by atoms with Gasteiger partial charge in [-0.2, -0.15) is 0 Å². The Balaban J connectivity index is 1.30. The molecule has 0 saturated heterocycles. The molecule has 0 aliphatic heterocycles. The quantitative estimate of drug-likeness (QED) is 0.481. The van der Waals surface area contributed by atoms with Gasteiger partial charge in [-0.15, -0.1) is 0 Å². The monoisotopic (exact) mass is 418 g/mol. The average Bonchev–Trinajstić information content (AvgIpc) is 2.76. The van der Waals surface area contributed by atoms with Crippen LogP contribution in [0.4, 0.5) is 13.2 Å². The molecule has 3 aliphatic rings. The standard InChI is InChI=1S/C26H33F3O/c1-17-7-12-21(23(27)15-17)20-10-8-18(9-11-20)16-30-24-14-13-22(25(28)26(24)29)19-5-3-2-4-6-19/h7,12-15,18-20,25-26H,2-6,8-11,16H2,1H3. The van der Waals surface area contributed by atoms with Crippen molar-refractivity contribution >= 4 is 0 Å². The van der Waals surface area contributed by atoms with E-state index in [1.54, 1.807) is 18.2 Å². The van der Waals surface area contributed by atoms with E-state index in [0.29, 0.717) is 18.1 Å². The fourth-order valence-corrected chi connectivity index (χ4v) is 5.42. The second-order valence-electron chi connectivity index (χ2n) is 9.43. The van der Waals surface area contributed by atoms with E-state index in [2.05, 4.69) is 0 Å². The van der Waals surface area contributed by atoms with Gasteiger partial charge in [0.2, 0.25) is 0 Å². The molecular formula is C26H33F3O. The lowest BCUT2D eigenvalue weighted by Gasteiger charge is -2.32. The highest BCUT2D eigenvalue weighted by atomic mass is 19.2. The van der Waals surface area contributed by atoms with Crippen LogP contribution in [0.25, 0.3) is 0 Å². The largest absolute Gasteiger partial charge is 0.494 e. The molecule has 2 unspecified atom stereocenters. The van der Waals surface area contributed by atoms with Crippen molar-refractivity contribution in [2.45, 2.75) is 83.0 Å². The van der Waals surface area contributed by atoms with Gasteiger partial charge in [-0.05, 0) is 92.0 Å². The minimum absolute atomic E-state index is 0.114. The first-order valence-corrected chi connectivity index (χ1v) is 11.6. The Labute approximate surface area is 178 Å². The Morgan fingerprint density at radius 1 is 0.867 bits per heavy atom. The van der Waals surface area contributed by atoms with Gasteiger partial charge in [0.1, 0.15) is 11.6 Å². The summed E-state index contributed by atoms with van der Waals surface area (Å²) in [6.45, 7) is 2.31. The summed E-state index contributed by atoms with van der Waals surface area (Å²) < 4.78 is 49.5. The number of rotatable bonds is 5. The molecule has 30 heavy (non-hydrogen) atoms. The van der Waals surface area contributed by atoms with Crippen LogP contribution < -0.4 is 0 Å². The van der Waals surface area contributed by atoms with Crippen LogP contribution in [0.2, 0.25) is 0 Å². The molecule has 0 aromatic heterocycles. The van der Waals surface area contributed by atoms with Crippen LogP contribution in [0.3, 0.4) is 0 Å². The van der Waals surface area contributed by atoms with Gasteiger partial charge >= 0.3 is 0 Å². The molecule has 164 valence electrons. The molecule has 0 radical (unpaired) electrons. The summed E-state index contributed by atoms with van der Waals surface area (Å²) in [6.07, 6.45) is 9.15. The molecule has 4 heteroatoms. The van der Waals surface area contributed by atoms with Crippen molar-refractivity contribution in [3.05, 3.63) is 58.6 Å². The van der Waals surface area contributed by atoms with Crippen molar-refractivity contribution in [2.75, 3.05) is 6.61 Å². The number of alkyl halides is 2. The first-order chi connectivity index (χ1) is 14.5. The number of halogens is 3. The summed E-state index contributed by atoms with van der Waals surface area (Å²) in [5, 5.41) is 0. The van der Waals surface area contributed by atoms with E-state index < -0.39 is 12.3 Å². The third-order valence-corrected chi connectivity index (χ3v) is 7.29. The van der Waals surface area contributed by atoms with Crippen molar-refractivity contribution in [3.8, 4) is 0 Å². The van der Waals surface area contributed by atoms with Gasteiger partial charge in [0.25, 0.3) is 0 Å². The maximum absolute atomic E-state index is 14.7. The summed E-state index contributed by atoms with van der Waals surface area (Å²) in [7, 11) is 0. The lowest BCUT2D eigenvalue weighted by atomic mass is 9.78. The topological polar surface area (TPSA) is 9.23 Å². The van der Waals surface area contributed by atoms with E-state index in [9.17, 15) is 13.2 Å². The highest BCUT2D eigenvalue weighted by Gasteiger charge is 2.36. The van der Waals surface area contributed by atoms with Crippen molar-refractivity contribution < 1.29 is 17.9 Å². The molecule has 4 rings (SSSR count). The van der Waals surface area contributed by atoms with Crippen molar-refractivity contribution in [3.63, 3.8) is 0 Å². The third-order valence-electron chi connectivity index (χ3n) is 7.29. The molecule has 0 spiro atoms. The molecule has 1 aromatic carbocycles. The zero-order chi connectivity index (χ0) is 21.1. The summed E-state index contributed by atoms with van der Waals surface area (Å²) in [4.78, 5) is 0. The van der Waals surface area contributed by atoms with Crippen LogP contribution in [0, 0.1) is 24.6 Å². The molecule has 2 atom stereocenters. The average molecular weight is 419 g/mol. The van der Waals surface area contributed by atoms with Crippen LogP contribution in [-0.4, -0.2) is 19.0 Å². The Morgan fingerprint density at radius 3 is 2.30 bits per heavy atom. The van der Waals surface area contributed by atoms with Gasteiger partial charge in [-0.1, -0.05) is 37.5 Å². The molecule has 0 amide bonds. The van der Waals surface area contributed by atoms with Crippen LogP contribution in [0.1, 0.15) is 74.8 Å². The lowest BCUT2D eigenvalue weighted by molar-refractivity contribution is 0.0782. The molecule has 0 bridgehead atoms. The van der Waals surface area contributed by atoms with Gasteiger partial charge in [-0.25, -0.2) is 13.2 Å². The lowest BCUT2D eigenvalue weighted by Crippen LogP contribution is -2.31. The van der Waals surface area contributed by atoms with Crippen molar-refractivity contribution in [1.29, 1.82) is 0 Å². The Bertz CT molecular complexity index is 785. The Morgan fingerprint density at radius 2 is 1.60 bits per heavy atom. The number of aryl methyl sites for hydroxylation is 1. The second-order valence-corrected chi connectivity index (χ2v) is 9.43. The number of hydrogen-bond donors (Lipinski definition) is 0. The van der Waals surface area contributed by atoms with Crippen LogP contribution in [0.15, 0.2) is 41.7 Å². The maximum atomic E-state index is 14.7. The van der Waals surface area contributed by atoms with E-state index >= 15 is 0 Å². The molecule has 1 aromatic rings. The van der Waals surface area contributed by atoms with Crippen molar-refractivity contribution in [2.24, 2.45) is 11.8 Å². The van der Waals surface area contributed by atoms with E-state index in [4.69, 9.17) is 4.74 Å². The highest BCUT2D eigenvalue weighted by molar-refractivity contribution is 5.31. The first-order valence-electron chi connectivity index (χ1n) is 11.6. The fourth-order valence-electron chi connectivity index (χ4n) is 5.42. The number of ether oxygens (including phenoxy) is 1. The normalized spacial score (nSPS) is 30.5. The SMILES string of the molecule is Cc1ccc(C2CCC(COC3=CC=C(C4CCCCC4)C(F)C3F)CC2)c(F)c1. The van der Waals surface area contributed by atoms with Gasteiger partial charge in [0, 0.05) is 0 Å². The predicted molar refractivity (Wildman–Crippen MR) is 114 cm³/mol. The molecule has 0 heterocycles. The van der Waals surface area contributed by atoms with Crippen LogP contribution in [0.5, 0.6) is 0 Å². The van der Waals surface area contributed by atoms with Gasteiger partial charge < -0.3 is 4.74 Å². The van der Waals surface area contributed by atoms with E-state index in [-0.39, 0.29) is 23.4 Å². The zero-order valence-electron chi connectivity index (χ0n) is 17.9. The fraction of sp³-hybridized carbons (Fsp3) is 0.615. The summed E-state index contributed by atoms with van der Waals surface area (Å²) >= 11 is 0. The molecule has 2 fully saturated rings. The predicted octanol–water partition coefficient (Wildman–Crippen LogP) is 7.50. The molecule has 0 N–H and O–H groups in total. The molecule has 3 aliphatic carbocycles. The van der Waals surface area contributed by atoms with E-state index in [0.717, 1.165) is 62.5 Å². The minimum atomic E-state index is -1.69. The number of benzene rings is 1. The maximum Gasteiger partial charge on any atom is 0.192 e. The van der Waals surface area contributed by atoms with E-state index in [1.807, 2.05) is 19.1 Å². The first kappa shape index (κ1) is 21.5.